The van der Waals surface area contributed by atoms with E-state index in [1.54, 1.807) is 0 Å². The second kappa shape index (κ2) is 4.56. The fourth-order valence-corrected chi connectivity index (χ4v) is 2.92. The molecule has 0 radical (unpaired) electrons. The molecule has 0 unspecified atom stereocenters. The summed E-state index contributed by atoms with van der Waals surface area (Å²) in [4.78, 5) is 8.10. The van der Waals surface area contributed by atoms with E-state index in [1.165, 1.54) is 36.0 Å². The Morgan fingerprint density at radius 3 is 2.67 bits per heavy atom. The number of allylic oxidation sites excluding steroid dienone is 1. The maximum Gasteiger partial charge on any atom is 0.162 e. The quantitative estimate of drug-likeness (QED) is 0.821. The Kier molecular flexibility index (Phi) is 2.90. The van der Waals surface area contributed by atoms with Gasteiger partial charge < -0.3 is 9.74 Å². The van der Waals surface area contributed by atoms with Gasteiger partial charge in [-0.15, -0.1) is 0 Å². The van der Waals surface area contributed by atoms with E-state index in [9.17, 15) is 0 Å². The van der Waals surface area contributed by atoms with E-state index in [4.69, 9.17) is 4.84 Å². The summed E-state index contributed by atoms with van der Waals surface area (Å²) >= 11 is 0. The number of piperidine rings is 1. The number of hydroxylamine groups is 1. The molecule has 96 valence electrons. The molecule has 2 aliphatic rings. The van der Waals surface area contributed by atoms with Crippen molar-refractivity contribution < 1.29 is 4.84 Å². The normalized spacial score (nSPS) is 19.1. The van der Waals surface area contributed by atoms with Crippen molar-refractivity contribution in [3.05, 3.63) is 35.1 Å². The summed E-state index contributed by atoms with van der Waals surface area (Å²) in [7, 11) is 0. The number of fused-ring (bicyclic) bond motifs is 1. The Labute approximate surface area is 108 Å². The topological polar surface area (TPSA) is 24.5 Å². The summed E-state index contributed by atoms with van der Waals surface area (Å²) in [6.45, 7) is 6.59. The van der Waals surface area contributed by atoms with Crippen LogP contribution in [0.25, 0.3) is 5.57 Å². The monoisotopic (exact) mass is 244 g/mol. The third-order valence-electron chi connectivity index (χ3n) is 3.89. The Hall–Kier alpha value is -1.64. The van der Waals surface area contributed by atoms with Crippen LogP contribution in [0.4, 0.5) is 0 Å². The lowest BCUT2D eigenvalue weighted by Gasteiger charge is -2.35. The lowest BCUT2D eigenvalue weighted by atomic mass is 9.99. The molecule has 2 heterocycles. The summed E-state index contributed by atoms with van der Waals surface area (Å²) in [6, 6.07) is 6.20. The van der Waals surface area contributed by atoms with Crippen LogP contribution in [-0.4, -0.2) is 18.0 Å². The summed E-state index contributed by atoms with van der Waals surface area (Å²) < 4.78 is 0. The highest BCUT2D eigenvalue weighted by Gasteiger charge is 2.23. The van der Waals surface area contributed by atoms with Crippen molar-refractivity contribution in [2.24, 2.45) is 0 Å². The number of hydrogen-bond acceptors (Lipinski definition) is 3. The Bertz CT molecular complexity index is 487. The van der Waals surface area contributed by atoms with Crippen molar-refractivity contribution in [3.63, 3.8) is 0 Å². The molecule has 3 nitrogen and oxygen atoms in total. The SMILES string of the molecule is CC1=C(N2CCCCC2)NOc2cccc(C)c21. The first-order chi connectivity index (χ1) is 8.77. The van der Waals surface area contributed by atoms with Gasteiger partial charge in [0.1, 0.15) is 5.82 Å². The molecule has 0 aliphatic carbocycles. The van der Waals surface area contributed by atoms with E-state index in [2.05, 4.69) is 30.3 Å². The van der Waals surface area contributed by atoms with E-state index in [0.717, 1.165) is 24.7 Å². The molecule has 0 saturated carbocycles. The van der Waals surface area contributed by atoms with Crippen LogP contribution in [0.1, 0.15) is 37.3 Å². The first kappa shape index (κ1) is 11.5. The van der Waals surface area contributed by atoms with E-state index in [1.807, 2.05) is 12.1 Å². The van der Waals surface area contributed by atoms with Gasteiger partial charge in [0.2, 0.25) is 0 Å². The van der Waals surface area contributed by atoms with Crippen LogP contribution in [-0.2, 0) is 0 Å². The van der Waals surface area contributed by atoms with Gasteiger partial charge in [-0.2, -0.15) is 0 Å². The van der Waals surface area contributed by atoms with Gasteiger partial charge in [-0.1, -0.05) is 12.1 Å². The van der Waals surface area contributed by atoms with Crippen molar-refractivity contribution >= 4 is 5.57 Å². The molecule has 3 heteroatoms. The summed E-state index contributed by atoms with van der Waals surface area (Å²) in [5.41, 5.74) is 6.96. The molecule has 18 heavy (non-hydrogen) atoms. The van der Waals surface area contributed by atoms with Gasteiger partial charge in [-0.05, 0) is 44.7 Å². The van der Waals surface area contributed by atoms with Crippen LogP contribution in [0.2, 0.25) is 0 Å². The van der Waals surface area contributed by atoms with Crippen LogP contribution >= 0.6 is 0 Å². The van der Waals surface area contributed by atoms with Gasteiger partial charge in [0, 0.05) is 24.2 Å². The Morgan fingerprint density at radius 1 is 1.11 bits per heavy atom. The largest absolute Gasteiger partial charge is 0.380 e. The number of rotatable bonds is 1. The van der Waals surface area contributed by atoms with Crippen molar-refractivity contribution in [3.8, 4) is 5.75 Å². The first-order valence-electron chi connectivity index (χ1n) is 6.76. The van der Waals surface area contributed by atoms with Crippen LogP contribution in [0.5, 0.6) is 5.75 Å². The molecule has 0 spiro atoms. The second-order valence-electron chi connectivity index (χ2n) is 5.17. The highest BCUT2D eigenvalue weighted by Crippen LogP contribution is 2.34. The number of hydrogen-bond donors (Lipinski definition) is 1. The minimum atomic E-state index is 0.938. The van der Waals surface area contributed by atoms with Gasteiger partial charge in [0.25, 0.3) is 0 Å². The molecule has 1 fully saturated rings. The number of nitrogens with zero attached hydrogens (tertiary/aromatic N) is 1. The molecule has 0 aromatic heterocycles. The molecular weight excluding hydrogens is 224 g/mol. The third kappa shape index (κ3) is 1.84. The summed E-state index contributed by atoms with van der Waals surface area (Å²) in [6.07, 6.45) is 3.90. The smallest absolute Gasteiger partial charge is 0.162 e. The third-order valence-corrected chi connectivity index (χ3v) is 3.89. The summed E-state index contributed by atoms with van der Waals surface area (Å²) in [5.74, 6) is 2.09. The minimum Gasteiger partial charge on any atom is -0.380 e. The van der Waals surface area contributed by atoms with Crippen LogP contribution in [0.15, 0.2) is 24.0 Å². The summed E-state index contributed by atoms with van der Waals surface area (Å²) in [5, 5.41) is 0. The standard InChI is InChI=1S/C15H20N2O/c1-11-7-6-8-13-14(11)12(2)15(16-18-13)17-9-4-3-5-10-17/h6-8,16H,3-5,9-10H2,1-2H3. The molecule has 1 saturated heterocycles. The van der Waals surface area contributed by atoms with Gasteiger partial charge in [0.05, 0.1) is 0 Å². The maximum atomic E-state index is 5.69. The second-order valence-corrected chi connectivity index (χ2v) is 5.17. The molecule has 0 amide bonds. The van der Waals surface area contributed by atoms with Crippen molar-refractivity contribution in [1.82, 2.24) is 10.4 Å². The molecule has 0 atom stereocenters. The molecule has 1 aromatic rings. The van der Waals surface area contributed by atoms with Gasteiger partial charge in [-0.3, -0.25) is 0 Å². The van der Waals surface area contributed by atoms with Crippen molar-refractivity contribution in [2.75, 3.05) is 13.1 Å². The predicted octanol–water partition coefficient (Wildman–Crippen LogP) is 3.07. The molecule has 2 aliphatic heterocycles. The zero-order valence-electron chi connectivity index (χ0n) is 11.1. The van der Waals surface area contributed by atoms with E-state index in [0.29, 0.717) is 0 Å². The predicted molar refractivity (Wildman–Crippen MR) is 73.0 cm³/mol. The number of aryl methyl sites for hydroxylation is 1. The van der Waals surface area contributed by atoms with E-state index in [-0.39, 0.29) is 0 Å². The van der Waals surface area contributed by atoms with Crippen molar-refractivity contribution in [2.45, 2.75) is 33.1 Å². The van der Waals surface area contributed by atoms with Crippen LogP contribution in [0.3, 0.4) is 0 Å². The number of nitrogens with one attached hydrogen (secondary N) is 1. The number of likely N-dealkylation sites (tertiary alicyclic amines) is 1. The Morgan fingerprint density at radius 2 is 1.89 bits per heavy atom. The maximum absolute atomic E-state index is 5.69. The fourth-order valence-electron chi connectivity index (χ4n) is 2.92. The first-order valence-corrected chi connectivity index (χ1v) is 6.76. The highest BCUT2D eigenvalue weighted by molar-refractivity contribution is 5.74. The molecule has 1 aromatic carbocycles. The average molecular weight is 244 g/mol. The number of benzene rings is 1. The zero-order chi connectivity index (χ0) is 12.5. The minimum absolute atomic E-state index is 0.938. The lowest BCUT2D eigenvalue weighted by molar-refractivity contribution is 0.155. The van der Waals surface area contributed by atoms with Crippen LogP contribution < -0.4 is 10.3 Å². The Balaban J connectivity index is 2.00. The molecule has 1 N–H and O–H groups in total. The fraction of sp³-hybridized carbons (Fsp3) is 0.467. The van der Waals surface area contributed by atoms with E-state index >= 15 is 0 Å². The zero-order valence-corrected chi connectivity index (χ0v) is 11.1. The molecule has 3 rings (SSSR count). The van der Waals surface area contributed by atoms with Crippen LogP contribution in [0, 0.1) is 6.92 Å². The molecule has 0 bridgehead atoms. The van der Waals surface area contributed by atoms with Crippen molar-refractivity contribution in [1.29, 1.82) is 0 Å². The van der Waals surface area contributed by atoms with Gasteiger partial charge in [0.15, 0.2) is 5.75 Å². The average Bonchev–Trinajstić information content (AvgIpc) is 2.40. The lowest BCUT2D eigenvalue weighted by Crippen LogP contribution is -2.39. The van der Waals surface area contributed by atoms with Gasteiger partial charge in [-0.25, -0.2) is 5.48 Å². The highest BCUT2D eigenvalue weighted by atomic mass is 16.6. The molecular formula is C15H20N2O. The van der Waals surface area contributed by atoms with Gasteiger partial charge >= 0.3 is 0 Å². The van der Waals surface area contributed by atoms with E-state index < -0.39 is 0 Å².